The fourth-order valence-electron chi connectivity index (χ4n) is 3.62. The van der Waals surface area contributed by atoms with E-state index in [0.717, 1.165) is 0 Å². The first-order valence-electron chi connectivity index (χ1n) is 7.83. The van der Waals surface area contributed by atoms with Crippen molar-refractivity contribution in [2.24, 2.45) is 10.8 Å². The second-order valence-corrected chi connectivity index (χ2v) is 6.48. The fourth-order valence-corrected chi connectivity index (χ4v) is 3.62. The van der Waals surface area contributed by atoms with Gasteiger partial charge in [0.25, 0.3) is 0 Å². The predicted molar refractivity (Wildman–Crippen MR) is 77.4 cm³/mol. The van der Waals surface area contributed by atoms with Crippen LogP contribution in [0.15, 0.2) is 0 Å². The predicted octanol–water partition coefficient (Wildman–Crippen LogP) is 2.39. The minimum atomic E-state index is 0.419. The third-order valence-electron chi connectivity index (χ3n) is 5.78. The Labute approximate surface area is 113 Å². The molecular weight excluding hydrogens is 222 g/mol. The Morgan fingerprint density at radius 1 is 0.833 bits per heavy atom. The van der Waals surface area contributed by atoms with Gasteiger partial charge >= 0.3 is 0 Å². The Bertz CT molecular complexity index is 243. The highest BCUT2D eigenvalue weighted by atomic mass is 15.4. The third-order valence-corrected chi connectivity index (χ3v) is 5.78. The lowest BCUT2D eigenvalue weighted by Gasteiger charge is -2.54. The molecule has 2 N–H and O–H groups in total. The SMILES string of the molecule is CCC1(CC)CNC2NCC(CC)(CC)CN2C1. The van der Waals surface area contributed by atoms with Crippen molar-refractivity contribution in [1.29, 1.82) is 0 Å². The van der Waals surface area contributed by atoms with E-state index in [9.17, 15) is 0 Å². The topological polar surface area (TPSA) is 27.3 Å². The van der Waals surface area contributed by atoms with Crippen LogP contribution in [0, 0.1) is 10.8 Å². The number of nitrogens with zero attached hydrogens (tertiary/aromatic N) is 1. The Balaban J connectivity index is 2.08. The molecule has 2 fully saturated rings. The monoisotopic (exact) mass is 253 g/mol. The van der Waals surface area contributed by atoms with Crippen LogP contribution in [0.1, 0.15) is 53.4 Å². The van der Waals surface area contributed by atoms with Gasteiger partial charge in [-0.25, -0.2) is 0 Å². The van der Waals surface area contributed by atoms with E-state index in [1.54, 1.807) is 0 Å². The first-order chi connectivity index (χ1) is 8.62. The summed E-state index contributed by atoms with van der Waals surface area (Å²) in [6, 6.07) is 0. The van der Waals surface area contributed by atoms with Crippen LogP contribution in [0.2, 0.25) is 0 Å². The van der Waals surface area contributed by atoms with E-state index in [-0.39, 0.29) is 0 Å². The van der Waals surface area contributed by atoms with Crippen LogP contribution in [0.25, 0.3) is 0 Å². The quantitative estimate of drug-likeness (QED) is 0.805. The number of fused-ring (bicyclic) bond motifs is 1. The molecule has 0 aromatic heterocycles. The highest BCUT2D eigenvalue weighted by Crippen LogP contribution is 2.36. The summed E-state index contributed by atoms with van der Waals surface area (Å²) in [4.78, 5) is 2.66. The van der Waals surface area contributed by atoms with Crippen molar-refractivity contribution >= 4 is 0 Å². The standard InChI is InChI=1S/C15H31N3/c1-5-14(6-2)9-16-13-17-10-15(7-3,8-4)12-18(13)11-14/h13,16-17H,5-12H2,1-4H3. The smallest absolute Gasteiger partial charge is 0.114 e. The van der Waals surface area contributed by atoms with Crippen molar-refractivity contribution in [3.8, 4) is 0 Å². The zero-order valence-electron chi connectivity index (χ0n) is 12.7. The summed E-state index contributed by atoms with van der Waals surface area (Å²) >= 11 is 0. The Morgan fingerprint density at radius 2 is 1.22 bits per heavy atom. The van der Waals surface area contributed by atoms with Gasteiger partial charge in [0.05, 0.1) is 0 Å². The third kappa shape index (κ3) is 2.45. The van der Waals surface area contributed by atoms with E-state index in [2.05, 4.69) is 43.2 Å². The highest BCUT2D eigenvalue weighted by molar-refractivity contribution is 4.96. The van der Waals surface area contributed by atoms with E-state index in [4.69, 9.17) is 0 Å². The van der Waals surface area contributed by atoms with Crippen LogP contribution >= 0.6 is 0 Å². The van der Waals surface area contributed by atoms with Gasteiger partial charge < -0.3 is 0 Å². The average molecular weight is 253 g/mol. The lowest BCUT2D eigenvalue weighted by Crippen LogP contribution is -2.71. The van der Waals surface area contributed by atoms with Crippen LogP contribution in [-0.2, 0) is 0 Å². The van der Waals surface area contributed by atoms with E-state index in [0.29, 0.717) is 17.1 Å². The van der Waals surface area contributed by atoms with E-state index in [1.807, 2.05) is 0 Å². The molecule has 0 aliphatic carbocycles. The van der Waals surface area contributed by atoms with E-state index >= 15 is 0 Å². The molecule has 0 atom stereocenters. The molecular formula is C15H31N3. The number of nitrogens with one attached hydrogen (secondary N) is 2. The molecule has 2 rings (SSSR count). The minimum absolute atomic E-state index is 0.419. The van der Waals surface area contributed by atoms with Gasteiger partial charge in [-0.05, 0) is 36.5 Å². The molecule has 0 radical (unpaired) electrons. The molecule has 18 heavy (non-hydrogen) atoms. The fraction of sp³-hybridized carbons (Fsp3) is 1.00. The minimum Gasteiger partial charge on any atom is -0.289 e. The van der Waals surface area contributed by atoms with Crippen LogP contribution < -0.4 is 10.6 Å². The summed E-state index contributed by atoms with van der Waals surface area (Å²) in [5, 5.41) is 7.43. The van der Waals surface area contributed by atoms with Crippen molar-refractivity contribution < 1.29 is 0 Å². The van der Waals surface area contributed by atoms with Gasteiger partial charge in [-0.15, -0.1) is 0 Å². The maximum atomic E-state index is 3.71. The molecule has 0 unspecified atom stereocenters. The van der Waals surface area contributed by atoms with Gasteiger partial charge in [0.2, 0.25) is 0 Å². The lowest BCUT2D eigenvalue weighted by molar-refractivity contribution is -0.0506. The summed E-state index contributed by atoms with van der Waals surface area (Å²) in [6.45, 7) is 14.2. The van der Waals surface area contributed by atoms with Crippen LogP contribution in [0.5, 0.6) is 0 Å². The number of hydrogen-bond acceptors (Lipinski definition) is 3. The van der Waals surface area contributed by atoms with Crippen LogP contribution in [0.4, 0.5) is 0 Å². The molecule has 2 aliphatic heterocycles. The van der Waals surface area contributed by atoms with Crippen LogP contribution in [-0.4, -0.2) is 37.4 Å². The van der Waals surface area contributed by atoms with Crippen molar-refractivity contribution in [3.63, 3.8) is 0 Å². The Kier molecular flexibility index (Phi) is 4.35. The van der Waals surface area contributed by atoms with E-state index < -0.39 is 0 Å². The lowest BCUT2D eigenvalue weighted by atomic mass is 9.76. The molecule has 2 heterocycles. The zero-order chi connectivity index (χ0) is 13.2. The largest absolute Gasteiger partial charge is 0.289 e. The van der Waals surface area contributed by atoms with Gasteiger partial charge in [0.1, 0.15) is 6.29 Å². The maximum Gasteiger partial charge on any atom is 0.114 e. The molecule has 0 saturated carbocycles. The number of rotatable bonds is 4. The van der Waals surface area contributed by atoms with Crippen molar-refractivity contribution in [1.82, 2.24) is 15.5 Å². The molecule has 0 bridgehead atoms. The number of hydrogen-bond donors (Lipinski definition) is 2. The second kappa shape index (κ2) is 5.48. The molecule has 3 heteroatoms. The summed E-state index contributed by atoms with van der Waals surface area (Å²) < 4.78 is 0. The average Bonchev–Trinajstić information content (AvgIpc) is 2.45. The zero-order valence-corrected chi connectivity index (χ0v) is 12.7. The highest BCUT2D eigenvalue weighted by Gasteiger charge is 2.43. The Hall–Kier alpha value is -0.120. The molecule has 0 aromatic rings. The molecule has 2 aliphatic rings. The molecule has 0 amide bonds. The molecule has 3 nitrogen and oxygen atoms in total. The first kappa shape index (κ1) is 14.3. The first-order valence-corrected chi connectivity index (χ1v) is 7.83. The summed E-state index contributed by atoms with van der Waals surface area (Å²) in [6.07, 6.45) is 5.55. The van der Waals surface area contributed by atoms with Gasteiger partial charge in [-0.2, -0.15) is 0 Å². The van der Waals surface area contributed by atoms with Crippen molar-refractivity contribution in [2.45, 2.75) is 59.7 Å². The molecule has 0 spiro atoms. The summed E-state index contributed by atoms with van der Waals surface area (Å²) in [5.41, 5.74) is 0.978. The normalized spacial score (nSPS) is 28.0. The van der Waals surface area contributed by atoms with Gasteiger partial charge in [-0.1, -0.05) is 27.7 Å². The molecule has 2 saturated heterocycles. The van der Waals surface area contributed by atoms with Crippen molar-refractivity contribution in [2.75, 3.05) is 26.2 Å². The maximum absolute atomic E-state index is 3.71. The van der Waals surface area contributed by atoms with Crippen LogP contribution in [0.3, 0.4) is 0 Å². The van der Waals surface area contributed by atoms with Gasteiger partial charge in [0.15, 0.2) is 0 Å². The molecule has 0 aromatic carbocycles. The van der Waals surface area contributed by atoms with Gasteiger partial charge in [0, 0.05) is 26.2 Å². The van der Waals surface area contributed by atoms with Gasteiger partial charge in [-0.3, -0.25) is 15.5 Å². The Morgan fingerprint density at radius 3 is 1.56 bits per heavy atom. The second-order valence-electron chi connectivity index (χ2n) is 6.48. The van der Waals surface area contributed by atoms with E-state index in [1.165, 1.54) is 51.9 Å². The summed E-state index contributed by atoms with van der Waals surface area (Å²) in [7, 11) is 0. The molecule has 106 valence electrons. The van der Waals surface area contributed by atoms with Crippen molar-refractivity contribution in [3.05, 3.63) is 0 Å². The summed E-state index contributed by atoms with van der Waals surface area (Å²) in [5.74, 6) is 0.